The molecule has 0 saturated carbocycles. The van der Waals surface area contributed by atoms with Gasteiger partial charge in [-0.05, 0) is 38.1 Å². The highest BCUT2D eigenvalue weighted by Crippen LogP contribution is 2.23. The van der Waals surface area contributed by atoms with Gasteiger partial charge in [0.1, 0.15) is 5.82 Å². The second kappa shape index (κ2) is 8.84. The molecule has 0 amide bonds. The summed E-state index contributed by atoms with van der Waals surface area (Å²) in [6.07, 6.45) is 6.02. The molecular formula is C21H28FN5O. The van der Waals surface area contributed by atoms with E-state index in [1.54, 1.807) is 12.1 Å². The monoisotopic (exact) mass is 385 g/mol. The Labute approximate surface area is 165 Å². The van der Waals surface area contributed by atoms with Crippen LogP contribution in [0.3, 0.4) is 0 Å². The number of hydrogen-bond acceptors (Lipinski definition) is 6. The number of ether oxygens (including phenoxy) is 1. The average Bonchev–Trinajstić information content (AvgIpc) is 2.75. The molecule has 6 nitrogen and oxygen atoms in total. The van der Waals surface area contributed by atoms with Gasteiger partial charge >= 0.3 is 0 Å². The number of aromatic nitrogens is 2. The number of piperidine rings is 1. The Morgan fingerprint density at radius 1 is 1.07 bits per heavy atom. The first-order valence-electron chi connectivity index (χ1n) is 10.0. The van der Waals surface area contributed by atoms with Crippen LogP contribution in [0, 0.1) is 5.82 Å². The Bertz CT molecular complexity index is 758. The minimum atomic E-state index is -0.169. The molecule has 2 fully saturated rings. The summed E-state index contributed by atoms with van der Waals surface area (Å²) in [7, 11) is 2.17. The van der Waals surface area contributed by atoms with Gasteiger partial charge in [-0.2, -0.15) is 0 Å². The third-order valence-electron chi connectivity index (χ3n) is 5.68. The summed E-state index contributed by atoms with van der Waals surface area (Å²) in [5, 5.41) is 0. The molecule has 28 heavy (non-hydrogen) atoms. The normalized spacial score (nSPS) is 18.7. The van der Waals surface area contributed by atoms with Gasteiger partial charge in [0, 0.05) is 62.4 Å². The second-order valence-electron chi connectivity index (χ2n) is 7.60. The van der Waals surface area contributed by atoms with Crippen molar-refractivity contribution in [3.05, 3.63) is 48.0 Å². The van der Waals surface area contributed by atoms with Crippen LogP contribution in [-0.2, 0) is 11.3 Å². The summed E-state index contributed by atoms with van der Waals surface area (Å²) in [5.74, 6) is 0.621. The van der Waals surface area contributed by atoms with E-state index in [0.717, 1.165) is 76.0 Å². The third kappa shape index (κ3) is 4.59. The van der Waals surface area contributed by atoms with Crippen molar-refractivity contribution < 1.29 is 9.13 Å². The van der Waals surface area contributed by atoms with Crippen LogP contribution in [0.1, 0.15) is 18.4 Å². The summed E-state index contributed by atoms with van der Waals surface area (Å²) in [5.41, 5.74) is 2.11. The van der Waals surface area contributed by atoms with Crippen LogP contribution < -0.4 is 9.80 Å². The number of anilines is 2. The molecule has 2 saturated heterocycles. The number of hydrogen-bond donors (Lipinski definition) is 0. The Hall–Kier alpha value is -2.25. The standard InChI is InChI=1S/C21H28FN5O/c1-25(16-17-14-23-21(24-15-17)27-9-11-28-12-10-27)19-5-7-26(8-6-19)20-4-2-3-18(22)13-20/h2-4,13-15,19H,5-12,16H2,1H3. The highest BCUT2D eigenvalue weighted by atomic mass is 19.1. The lowest BCUT2D eigenvalue weighted by molar-refractivity contribution is 0.122. The molecule has 1 aromatic heterocycles. The topological polar surface area (TPSA) is 44.7 Å². The Morgan fingerprint density at radius 3 is 2.46 bits per heavy atom. The van der Waals surface area contributed by atoms with Crippen LogP contribution in [0.25, 0.3) is 0 Å². The summed E-state index contributed by atoms with van der Waals surface area (Å²) in [4.78, 5) is 15.9. The van der Waals surface area contributed by atoms with Crippen molar-refractivity contribution in [2.45, 2.75) is 25.4 Å². The van der Waals surface area contributed by atoms with Crippen LogP contribution in [0.4, 0.5) is 16.0 Å². The summed E-state index contributed by atoms with van der Waals surface area (Å²) < 4.78 is 18.8. The molecule has 0 radical (unpaired) electrons. The van der Waals surface area contributed by atoms with Gasteiger partial charge in [-0.3, -0.25) is 4.90 Å². The largest absolute Gasteiger partial charge is 0.378 e. The number of halogens is 1. The van der Waals surface area contributed by atoms with Crippen molar-refractivity contribution in [3.63, 3.8) is 0 Å². The molecule has 0 N–H and O–H groups in total. The van der Waals surface area contributed by atoms with Gasteiger partial charge in [-0.15, -0.1) is 0 Å². The van der Waals surface area contributed by atoms with Gasteiger partial charge in [0.05, 0.1) is 13.2 Å². The lowest BCUT2D eigenvalue weighted by Crippen LogP contribution is -2.43. The molecule has 150 valence electrons. The van der Waals surface area contributed by atoms with Crippen LogP contribution in [-0.4, -0.2) is 67.4 Å². The number of morpholine rings is 1. The first-order valence-corrected chi connectivity index (χ1v) is 10.0. The number of benzene rings is 1. The molecule has 2 aliphatic rings. The summed E-state index contributed by atoms with van der Waals surface area (Å²) in [6, 6.07) is 7.40. The highest BCUT2D eigenvalue weighted by Gasteiger charge is 2.23. The van der Waals surface area contributed by atoms with E-state index in [2.05, 4.69) is 31.7 Å². The molecule has 0 bridgehead atoms. The van der Waals surface area contributed by atoms with E-state index in [9.17, 15) is 4.39 Å². The maximum absolute atomic E-state index is 13.5. The van der Waals surface area contributed by atoms with Crippen LogP contribution in [0.2, 0.25) is 0 Å². The van der Waals surface area contributed by atoms with E-state index in [4.69, 9.17) is 4.74 Å². The predicted molar refractivity (Wildman–Crippen MR) is 108 cm³/mol. The van der Waals surface area contributed by atoms with Gasteiger partial charge in [0.2, 0.25) is 5.95 Å². The van der Waals surface area contributed by atoms with E-state index in [1.807, 2.05) is 18.5 Å². The number of rotatable bonds is 5. The van der Waals surface area contributed by atoms with E-state index in [-0.39, 0.29) is 5.82 Å². The zero-order valence-corrected chi connectivity index (χ0v) is 16.4. The van der Waals surface area contributed by atoms with E-state index >= 15 is 0 Å². The fraction of sp³-hybridized carbons (Fsp3) is 0.524. The molecule has 0 unspecified atom stereocenters. The lowest BCUT2D eigenvalue weighted by atomic mass is 10.0. The molecule has 2 aliphatic heterocycles. The molecule has 3 heterocycles. The molecule has 2 aromatic rings. The van der Waals surface area contributed by atoms with Crippen LogP contribution in [0.15, 0.2) is 36.7 Å². The first-order chi connectivity index (χ1) is 13.7. The van der Waals surface area contributed by atoms with Gasteiger partial charge in [-0.25, -0.2) is 14.4 Å². The van der Waals surface area contributed by atoms with Crippen molar-refractivity contribution in [2.24, 2.45) is 0 Å². The van der Waals surface area contributed by atoms with E-state index in [1.165, 1.54) is 6.07 Å². The quantitative estimate of drug-likeness (QED) is 0.788. The summed E-state index contributed by atoms with van der Waals surface area (Å²) in [6.45, 7) is 5.92. The lowest BCUT2D eigenvalue weighted by Gasteiger charge is -2.38. The Kier molecular flexibility index (Phi) is 6.02. The van der Waals surface area contributed by atoms with Crippen molar-refractivity contribution in [1.82, 2.24) is 14.9 Å². The Morgan fingerprint density at radius 2 is 1.79 bits per heavy atom. The summed E-state index contributed by atoms with van der Waals surface area (Å²) >= 11 is 0. The molecule has 0 spiro atoms. The van der Waals surface area contributed by atoms with Gasteiger partial charge in [0.25, 0.3) is 0 Å². The van der Waals surface area contributed by atoms with Crippen molar-refractivity contribution >= 4 is 11.6 Å². The predicted octanol–water partition coefficient (Wildman–Crippen LogP) is 2.55. The minimum Gasteiger partial charge on any atom is -0.378 e. The fourth-order valence-electron chi connectivity index (χ4n) is 4.01. The van der Waals surface area contributed by atoms with Gasteiger partial charge in [0.15, 0.2) is 0 Å². The maximum atomic E-state index is 13.5. The van der Waals surface area contributed by atoms with Crippen LogP contribution >= 0.6 is 0 Å². The SMILES string of the molecule is CN(Cc1cnc(N2CCOCC2)nc1)C1CCN(c2cccc(F)c2)CC1. The highest BCUT2D eigenvalue weighted by molar-refractivity contribution is 5.46. The van der Waals surface area contributed by atoms with Crippen molar-refractivity contribution in [1.29, 1.82) is 0 Å². The smallest absolute Gasteiger partial charge is 0.225 e. The molecule has 4 rings (SSSR count). The van der Waals surface area contributed by atoms with E-state index < -0.39 is 0 Å². The van der Waals surface area contributed by atoms with Crippen LogP contribution in [0.5, 0.6) is 0 Å². The first kappa shape index (κ1) is 19.1. The molecule has 7 heteroatoms. The second-order valence-corrected chi connectivity index (χ2v) is 7.60. The molecule has 0 aliphatic carbocycles. The molecule has 0 atom stereocenters. The molecule has 1 aromatic carbocycles. The van der Waals surface area contributed by atoms with Gasteiger partial charge < -0.3 is 14.5 Å². The number of nitrogens with zero attached hydrogens (tertiary/aromatic N) is 5. The fourth-order valence-corrected chi connectivity index (χ4v) is 4.01. The molecular weight excluding hydrogens is 357 g/mol. The average molecular weight is 385 g/mol. The van der Waals surface area contributed by atoms with Crippen molar-refractivity contribution in [3.8, 4) is 0 Å². The zero-order chi connectivity index (χ0) is 19.3. The zero-order valence-electron chi connectivity index (χ0n) is 16.4. The minimum absolute atomic E-state index is 0.169. The van der Waals surface area contributed by atoms with Gasteiger partial charge in [-0.1, -0.05) is 6.07 Å². The Balaban J connectivity index is 1.29. The third-order valence-corrected chi connectivity index (χ3v) is 5.68. The van der Waals surface area contributed by atoms with E-state index in [0.29, 0.717) is 6.04 Å². The van der Waals surface area contributed by atoms with Crippen molar-refractivity contribution in [2.75, 3.05) is 56.2 Å². The maximum Gasteiger partial charge on any atom is 0.225 e.